The fraction of sp³-hybridized carbons (Fsp3) is 0.429. The van der Waals surface area contributed by atoms with Gasteiger partial charge in [0.2, 0.25) is 0 Å². The van der Waals surface area contributed by atoms with Gasteiger partial charge in [-0.15, -0.1) is 0 Å². The van der Waals surface area contributed by atoms with E-state index in [2.05, 4.69) is 26.0 Å². The van der Waals surface area contributed by atoms with Crippen molar-refractivity contribution >= 4 is 0 Å². The summed E-state index contributed by atoms with van der Waals surface area (Å²) < 4.78 is 11.5. The van der Waals surface area contributed by atoms with E-state index in [0.717, 1.165) is 17.7 Å². The molecule has 1 atom stereocenters. The van der Waals surface area contributed by atoms with E-state index in [1.807, 2.05) is 31.2 Å². The van der Waals surface area contributed by atoms with E-state index in [-0.39, 0.29) is 13.2 Å². The van der Waals surface area contributed by atoms with Crippen LogP contribution in [-0.2, 0) is 13.2 Å². The topological polar surface area (TPSA) is 58.9 Å². The van der Waals surface area contributed by atoms with Gasteiger partial charge >= 0.3 is 0 Å². The van der Waals surface area contributed by atoms with Gasteiger partial charge in [-0.05, 0) is 37.0 Å². The third-order valence-corrected chi connectivity index (χ3v) is 4.39. The summed E-state index contributed by atoms with van der Waals surface area (Å²) in [6.07, 6.45) is 1.12. The zero-order chi connectivity index (χ0) is 18.2. The first kappa shape index (κ1) is 19.3. The molecular formula is C21H28O4. The van der Waals surface area contributed by atoms with Crippen molar-refractivity contribution in [3.63, 3.8) is 0 Å². The molecule has 0 aliphatic heterocycles. The minimum absolute atomic E-state index is 0.123. The number of aryl methyl sites for hydroxylation is 1. The van der Waals surface area contributed by atoms with Crippen LogP contribution >= 0.6 is 0 Å². The van der Waals surface area contributed by atoms with Crippen LogP contribution in [0.3, 0.4) is 0 Å². The van der Waals surface area contributed by atoms with E-state index >= 15 is 0 Å². The van der Waals surface area contributed by atoms with Crippen LogP contribution in [0.25, 0.3) is 0 Å². The summed E-state index contributed by atoms with van der Waals surface area (Å²) in [5.74, 6) is 1.91. The standard InChI is InChI=1S/C21H28O4/c1-4-16(3)17-5-7-20(8-6-17)24-9-10-25-21-18(13-22)11-15(2)12-19(21)14-23/h5-8,11-12,16,22-23H,4,9-10,13-14H2,1-3H3. The van der Waals surface area contributed by atoms with Crippen LogP contribution in [0.5, 0.6) is 11.5 Å². The van der Waals surface area contributed by atoms with Crippen molar-refractivity contribution in [2.75, 3.05) is 13.2 Å². The van der Waals surface area contributed by atoms with Crippen LogP contribution in [0, 0.1) is 6.92 Å². The normalized spacial score (nSPS) is 12.0. The lowest BCUT2D eigenvalue weighted by molar-refractivity contribution is 0.202. The molecule has 0 saturated carbocycles. The maximum absolute atomic E-state index is 9.50. The lowest BCUT2D eigenvalue weighted by Crippen LogP contribution is -2.11. The average Bonchev–Trinajstić information content (AvgIpc) is 2.65. The Kier molecular flexibility index (Phi) is 7.29. The predicted octanol–water partition coefficient (Wildman–Crippen LogP) is 3.95. The number of benzene rings is 2. The van der Waals surface area contributed by atoms with Gasteiger partial charge in [0.1, 0.15) is 24.7 Å². The molecule has 1 unspecified atom stereocenters. The quantitative estimate of drug-likeness (QED) is 0.676. The third kappa shape index (κ3) is 5.21. The molecule has 136 valence electrons. The van der Waals surface area contributed by atoms with Crippen molar-refractivity contribution in [1.82, 2.24) is 0 Å². The molecule has 4 nitrogen and oxygen atoms in total. The minimum Gasteiger partial charge on any atom is -0.490 e. The van der Waals surface area contributed by atoms with E-state index in [0.29, 0.717) is 36.0 Å². The van der Waals surface area contributed by atoms with Gasteiger partial charge in [0.15, 0.2) is 0 Å². The molecular weight excluding hydrogens is 316 g/mol. The second-order valence-corrected chi connectivity index (χ2v) is 6.30. The van der Waals surface area contributed by atoms with E-state index in [9.17, 15) is 10.2 Å². The molecule has 0 bridgehead atoms. The molecule has 2 rings (SSSR count). The van der Waals surface area contributed by atoms with E-state index in [1.165, 1.54) is 5.56 Å². The molecule has 0 spiro atoms. The molecule has 0 aromatic heterocycles. The van der Waals surface area contributed by atoms with Crippen LogP contribution in [-0.4, -0.2) is 23.4 Å². The summed E-state index contributed by atoms with van der Waals surface area (Å²) in [5, 5.41) is 19.0. The van der Waals surface area contributed by atoms with Crippen LogP contribution in [0.4, 0.5) is 0 Å². The smallest absolute Gasteiger partial charge is 0.130 e. The highest BCUT2D eigenvalue weighted by Gasteiger charge is 2.10. The number of aliphatic hydroxyl groups excluding tert-OH is 2. The highest BCUT2D eigenvalue weighted by atomic mass is 16.5. The van der Waals surface area contributed by atoms with Crippen LogP contribution in [0.1, 0.15) is 48.4 Å². The zero-order valence-corrected chi connectivity index (χ0v) is 15.3. The Labute approximate surface area is 150 Å². The molecule has 0 aliphatic rings. The zero-order valence-electron chi connectivity index (χ0n) is 15.3. The van der Waals surface area contributed by atoms with Gasteiger partial charge < -0.3 is 19.7 Å². The fourth-order valence-corrected chi connectivity index (χ4v) is 2.78. The van der Waals surface area contributed by atoms with Crippen molar-refractivity contribution < 1.29 is 19.7 Å². The average molecular weight is 344 g/mol. The van der Waals surface area contributed by atoms with Crippen molar-refractivity contribution in [2.24, 2.45) is 0 Å². The monoisotopic (exact) mass is 344 g/mol. The van der Waals surface area contributed by atoms with Crippen molar-refractivity contribution in [3.8, 4) is 11.5 Å². The Hall–Kier alpha value is -2.04. The van der Waals surface area contributed by atoms with Crippen molar-refractivity contribution in [1.29, 1.82) is 0 Å². The van der Waals surface area contributed by atoms with E-state index < -0.39 is 0 Å². The SMILES string of the molecule is CCC(C)c1ccc(OCCOc2c(CO)cc(C)cc2CO)cc1. The number of hydrogen-bond donors (Lipinski definition) is 2. The number of hydrogen-bond acceptors (Lipinski definition) is 4. The summed E-state index contributed by atoms with van der Waals surface area (Å²) in [6.45, 7) is 6.81. The molecule has 0 saturated heterocycles. The molecule has 2 aromatic carbocycles. The van der Waals surface area contributed by atoms with Gasteiger partial charge in [0.25, 0.3) is 0 Å². The van der Waals surface area contributed by atoms with E-state index in [4.69, 9.17) is 9.47 Å². The number of rotatable bonds is 9. The Balaban J connectivity index is 1.91. The molecule has 0 aliphatic carbocycles. The van der Waals surface area contributed by atoms with E-state index in [1.54, 1.807) is 0 Å². The van der Waals surface area contributed by atoms with Crippen molar-refractivity contribution in [3.05, 3.63) is 58.7 Å². The van der Waals surface area contributed by atoms with Gasteiger partial charge in [-0.3, -0.25) is 0 Å². The third-order valence-electron chi connectivity index (χ3n) is 4.39. The first-order valence-electron chi connectivity index (χ1n) is 8.78. The number of ether oxygens (including phenoxy) is 2. The largest absolute Gasteiger partial charge is 0.490 e. The maximum Gasteiger partial charge on any atom is 0.130 e. The minimum atomic E-state index is -0.123. The van der Waals surface area contributed by atoms with Crippen LogP contribution < -0.4 is 9.47 Å². The summed E-state index contributed by atoms with van der Waals surface area (Å²) in [4.78, 5) is 0. The second-order valence-electron chi connectivity index (χ2n) is 6.30. The van der Waals surface area contributed by atoms with Crippen LogP contribution in [0.15, 0.2) is 36.4 Å². The first-order chi connectivity index (χ1) is 12.1. The lowest BCUT2D eigenvalue weighted by atomic mass is 9.99. The molecule has 4 heteroatoms. The fourth-order valence-electron chi connectivity index (χ4n) is 2.78. The summed E-state index contributed by atoms with van der Waals surface area (Å²) in [5.41, 5.74) is 3.66. The van der Waals surface area contributed by atoms with Gasteiger partial charge in [0, 0.05) is 11.1 Å². The molecule has 2 N–H and O–H groups in total. The summed E-state index contributed by atoms with van der Waals surface area (Å²) in [7, 11) is 0. The maximum atomic E-state index is 9.50. The first-order valence-corrected chi connectivity index (χ1v) is 8.78. The summed E-state index contributed by atoms with van der Waals surface area (Å²) in [6, 6.07) is 11.9. The summed E-state index contributed by atoms with van der Waals surface area (Å²) >= 11 is 0. The van der Waals surface area contributed by atoms with Gasteiger partial charge in [-0.1, -0.05) is 43.7 Å². The second kappa shape index (κ2) is 9.44. The van der Waals surface area contributed by atoms with Crippen LogP contribution in [0.2, 0.25) is 0 Å². The van der Waals surface area contributed by atoms with Gasteiger partial charge in [-0.25, -0.2) is 0 Å². The molecule has 25 heavy (non-hydrogen) atoms. The highest BCUT2D eigenvalue weighted by molar-refractivity contribution is 5.44. The molecule has 0 radical (unpaired) electrons. The lowest BCUT2D eigenvalue weighted by Gasteiger charge is -2.16. The molecule has 0 fully saturated rings. The molecule has 2 aromatic rings. The Morgan fingerprint density at radius 1 is 0.920 bits per heavy atom. The Bertz CT molecular complexity index is 639. The predicted molar refractivity (Wildman–Crippen MR) is 99.2 cm³/mol. The Morgan fingerprint density at radius 3 is 2.00 bits per heavy atom. The highest BCUT2D eigenvalue weighted by Crippen LogP contribution is 2.26. The van der Waals surface area contributed by atoms with Crippen molar-refractivity contribution in [2.45, 2.75) is 46.3 Å². The number of aliphatic hydroxyl groups is 2. The molecule has 0 heterocycles. The van der Waals surface area contributed by atoms with Gasteiger partial charge in [-0.2, -0.15) is 0 Å². The molecule has 0 amide bonds. The Morgan fingerprint density at radius 2 is 1.48 bits per heavy atom. The van der Waals surface area contributed by atoms with Gasteiger partial charge in [0.05, 0.1) is 13.2 Å².